The minimum Gasteiger partial charge on any atom is -0.490 e. The van der Waals surface area contributed by atoms with Crippen LogP contribution in [0.1, 0.15) is 22.9 Å². The Hall–Kier alpha value is -1.38. The topological polar surface area (TPSA) is 18.5 Å². The third-order valence-corrected chi connectivity index (χ3v) is 4.07. The van der Waals surface area contributed by atoms with Crippen LogP contribution in [0.2, 0.25) is 5.02 Å². The van der Waals surface area contributed by atoms with Crippen molar-refractivity contribution in [3.05, 3.63) is 58.6 Å². The number of hydrogen-bond acceptors (Lipinski definition) is 2. The molecule has 0 bridgehead atoms. The summed E-state index contributed by atoms with van der Waals surface area (Å²) in [5.74, 6) is 1.52. The van der Waals surface area contributed by atoms with Gasteiger partial charge in [-0.2, -0.15) is 0 Å². The van der Waals surface area contributed by atoms with Gasteiger partial charge >= 0.3 is 0 Å². The molecule has 2 aromatic rings. The summed E-state index contributed by atoms with van der Waals surface area (Å²) in [4.78, 5) is 0. The maximum absolute atomic E-state index is 6.54. The second-order valence-corrected chi connectivity index (χ2v) is 5.48. The summed E-state index contributed by atoms with van der Waals surface area (Å²) in [6.07, 6.45) is 0.888. The Bertz CT molecular complexity index is 613. The molecule has 0 radical (unpaired) electrons. The Morgan fingerprint density at radius 3 is 2.50 bits per heavy atom. The lowest BCUT2D eigenvalue weighted by Crippen LogP contribution is -1.98. The van der Waals surface area contributed by atoms with E-state index in [9.17, 15) is 0 Å². The molecule has 0 fully saturated rings. The van der Waals surface area contributed by atoms with E-state index in [2.05, 4.69) is 0 Å². The standard InChI is InChI=1S/C16H14Cl2O2/c17-13-5-2-1-4-12(13)16(18)11-6-7-14-15(10-11)20-9-3-8-19-14/h1-2,4-7,10,16H,3,8-9H2. The lowest BCUT2D eigenvalue weighted by atomic mass is 10.0. The second-order valence-electron chi connectivity index (χ2n) is 4.64. The molecule has 0 aliphatic carbocycles. The Labute approximate surface area is 128 Å². The summed E-state index contributed by atoms with van der Waals surface area (Å²) in [5.41, 5.74) is 1.84. The van der Waals surface area contributed by atoms with E-state index in [1.54, 1.807) is 0 Å². The van der Waals surface area contributed by atoms with E-state index in [4.69, 9.17) is 32.7 Å². The van der Waals surface area contributed by atoms with Gasteiger partial charge in [-0.3, -0.25) is 0 Å². The zero-order valence-electron chi connectivity index (χ0n) is 10.8. The fourth-order valence-electron chi connectivity index (χ4n) is 2.20. The molecule has 0 spiro atoms. The van der Waals surface area contributed by atoms with Gasteiger partial charge in [-0.25, -0.2) is 0 Å². The van der Waals surface area contributed by atoms with E-state index in [1.807, 2.05) is 42.5 Å². The molecule has 0 saturated carbocycles. The fourth-order valence-corrected chi connectivity index (χ4v) is 2.82. The van der Waals surface area contributed by atoms with Gasteiger partial charge in [0.1, 0.15) is 0 Å². The minimum atomic E-state index is -0.305. The quantitative estimate of drug-likeness (QED) is 0.740. The van der Waals surface area contributed by atoms with Gasteiger partial charge in [0.25, 0.3) is 0 Å². The Balaban J connectivity index is 1.94. The number of halogens is 2. The normalized spacial score (nSPS) is 15.5. The first-order chi connectivity index (χ1) is 9.75. The molecule has 4 heteroatoms. The number of ether oxygens (including phenoxy) is 2. The third kappa shape index (κ3) is 2.72. The summed E-state index contributed by atoms with van der Waals surface area (Å²) in [5, 5.41) is 0.362. The van der Waals surface area contributed by atoms with Crippen LogP contribution in [0.5, 0.6) is 11.5 Å². The molecule has 2 nitrogen and oxygen atoms in total. The molecule has 2 aromatic carbocycles. The number of hydrogen-bond donors (Lipinski definition) is 0. The van der Waals surface area contributed by atoms with Gasteiger partial charge in [0.15, 0.2) is 11.5 Å². The van der Waals surface area contributed by atoms with E-state index in [1.165, 1.54) is 0 Å². The van der Waals surface area contributed by atoms with E-state index < -0.39 is 0 Å². The Morgan fingerprint density at radius 2 is 1.70 bits per heavy atom. The molecule has 1 unspecified atom stereocenters. The highest BCUT2D eigenvalue weighted by Crippen LogP contribution is 2.38. The molecule has 3 rings (SSSR count). The smallest absolute Gasteiger partial charge is 0.161 e. The molecule has 104 valence electrons. The van der Waals surface area contributed by atoms with Crippen molar-refractivity contribution in [3.8, 4) is 11.5 Å². The molecule has 0 aromatic heterocycles. The van der Waals surface area contributed by atoms with Crippen LogP contribution >= 0.6 is 23.2 Å². The van der Waals surface area contributed by atoms with Crippen LogP contribution in [0.15, 0.2) is 42.5 Å². The first-order valence-corrected chi connectivity index (χ1v) is 7.35. The van der Waals surface area contributed by atoms with E-state index in [0.717, 1.165) is 29.0 Å². The van der Waals surface area contributed by atoms with Crippen LogP contribution in [0, 0.1) is 0 Å². The average Bonchev–Trinajstić information content (AvgIpc) is 2.71. The molecule has 1 heterocycles. The van der Waals surface area contributed by atoms with Crippen molar-refractivity contribution in [3.63, 3.8) is 0 Å². The molecular formula is C16H14Cl2O2. The average molecular weight is 309 g/mol. The first-order valence-electron chi connectivity index (χ1n) is 6.54. The lowest BCUT2D eigenvalue weighted by molar-refractivity contribution is 0.297. The summed E-state index contributed by atoms with van der Waals surface area (Å²) >= 11 is 12.7. The van der Waals surface area contributed by atoms with Gasteiger partial charge < -0.3 is 9.47 Å². The van der Waals surface area contributed by atoms with Crippen molar-refractivity contribution in [1.82, 2.24) is 0 Å². The van der Waals surface area contributed by atoms with Crippen LogP contribution in [0.3, 0.4) is 0 Å². The highest BCUT2D eigenvalue weighted by Gasteiger charge is 2.17. The van der Waals surface area contributed by atoms with Crippen LogP contribution in [-0.2, 0) is 0 Å². The number of rotatable bonds is 2. The van der Waals surface area contributed by atoms with Gasteiger partial charge in [0.05, 0.1) is 18.6 Å². The summed E-state index contributed by atoms with van der Waals surface area (Å²) in [6.45, 7) is 1.34. The lowest BCUT2D eigenvalue weighted by Gasteiger charge is -2.14. The predicted octanol–water partition coefficient (Wildman–Crippen LogP) is 4.83. The van der Waals surface area contributed by atoms with Crippen molar-refractivity contribution >= 4 is 23.2 Å². The van der Waals surface area contributed by atoms with Crippen molar-refractivity contribution in [1.29, 1.82) is 0 Å². The van der Waals surface area contributed by atoms with Crippen LogP contribution in [0.25, 0.3) is 0 Å². The molecule has 0 N–H and O–H groups in total. The van der Waals surface area contributed by atoms with Crippen LogP contribution < -0.4 is 9.47 Å². The zero-order valence-corrected chi connectivity index (χ0v) is 12.3. The number of alkyl halides is 1. The van der Waals surface area contributed by atoms with E-state index in [0.29, 0.717) is 18.2 Å². The first kappa shape index (κ1) is 13.6. The molecule has 0 saturated heterocycles. The van der Waals surface area contributed by atoms with Crippen molar-refractivity contribution in [2.75, 3.05) is 13.2 Å². The second kappa shape index (κ2) is 5.94. The minimum absolute atomic E-state index is 0.305. The largest absolute Gasteiger partial charge is 0.490 e. The van der Waals surface area contributed by atoms with Gasteiger partial charge in [-0.15, -0.1) is 11.6 Å². The fraction of sp³-hybridized carbons (Fsp3) is 0.250. The monoisotopic (exact) mass is 308 g/mol. The third-order valence-electron chi connectivity index (χ3n) is 3.24. The highest BCUT2D eigenvalue weighted by molar-refractivity contribution is 6.33. The molecular weight excluding hydrogens is 295 g/mol. The Morgan fingerprint density at radius 1 is 0.950 bits per heavy atom. The predicted molar refractivity (Wildman–Crippen MR) is 81.2 cm³/mol. The van der Waals surface area contributed by atoms with Crippen LogP contribution in [0.4, 0.5) is 0 Å². The van der Waals surface area contributed by atoms with Crippen molar-refractivity contribution < 1.29 is 9.47 Å². The maximum Gasteiger partial charge on any atom is 0.161 e. The number of fused-ring (bicyclic) bond motifs is 1. The molecule has 1 atom stereocenters. The highest BCUT2D eigenvalue weighted by atomic mass is 35.5. The Kier molecular flexibility index (Phi) is 4.04. The number of benzene rings is 2. The van der Waals surface area contributed by atoms with Crippen molar-refractivity contribution in [2.24, 2.45) is 0 Å². The molecule has 20 heavy (non-hydrogen) atoms. The van der Waals surface area contributed by atoms with Gasteiger partial charge in [-0.1, -0.05) is 35.9 Å². The summed E-state index contributed by atoms with van der Waals surface area (Å²) in [6, 6.07) is 13.4. The van der Waals surface area contributed by atoms with Crippen molar-refractivity contribution in [2.45, 2.75) is 11.8 Å². The summed E-state index contributed by atoms with van der Waals surface area (Å²) in [7, 11) is 0. The van der Waals surface area contributed by atoms with E-state index in [-0.39, 0.29) is 5.38 Å². The zero-order chi connectivity index (χ0) is 13.9. The molecule has 1 aliphatic heterocycles. The van der Waals surface area contributed by atoms with Gasteiger partial charge in [0.2, 0.25) is 0 Å². The van der Waals surface area contributed by atoms with Gasteiger partial charge in [0, 0.05) is 11.4 Å². The van der Waals surface area contributed by atoms with E-state index >= 15 is 0 Å². The molecule has 1 aliphatic rings. The van der Waals surface area contributed by atoms with Gasteiger partial charge in [-0.05, 0) is 29.3 Å². The molecule has 0 amide bonds. The maximum atomic E-state index is 6.54. The SMILES string of the molecule is Clc1ccccc1C(Cl)c1ccc2c(c1)OCCCO2. The van der Waals surface area contributed by atoms with Crippen LogP contribution in [-0.4, -0.2) is 13.2 Å². The summed E-state index contributed by atoms with van der Waals surface area (Å²) < 4.78 is 11.3.